The molecule has 2 rings (SSSR count). The SMILES string of the molecule is COc1cc(/C=N\NC(=O)C(=O)NCC(C)C)ccc1OCc1cccc(F)c1. The van der Waals surface area contributed by atoms with Gasteiger partial charge in [0.25, 0.3) is 0 Å². The number of rotatable bonds is 8. The zero-order valence-electron chi connectivity index (χ0n) is 16.6. The number of carbonyl (C=O) groups excluding carboxylic acids is 2. The molecule has 0 aliphatic rings. The lowest BCUT2D eigenvalue weighted by Gasteiger charge is -2.11. The number of halogens is 1. The Labute approximate surface area is 168 Å². The van der Waals surface area contributed by atoms with Crippen LogP contribution in [0, 0.1) is 11.7 Å². The van der Waals surface area contributed by atoms with Gasteiger partial charge in [0.05, 0.1) is 13.3 Å². The molecule has 0 aromatic heterocycles. The number of methoxy groups -OCH3 is 1. The summed E-state index contributed by atoms with van der Waals surface area (Å²) in [7, 11) is 1.49. The van der Waals surface area contributed by atoms with Crippen molar-refractivity contribution in [3.05, 3.63) is 59.4 Å². The Bertz CT molecular complexity index is 884. The van der Waals surface area contributed by atoms with Crippen LogP contribution in [-0.2, 0) is 16.2 Å². The monoisotopic (exact) mass is 401 g/mol. The van der Waals surface area contributed by atoms with Crippen molar-refractivity contribution in [2.75, 3.05) is 13.7 Å². The smallest absolute Gasteiger partial charge is 0.329 e. The maximum absolute atomic E-state index is 13.2. The van der Waals surface area contributed by atoms with Crippen LogP contribution in [0.25, 0.3) is 0 Å². The molecule has 29 heavy (non-hydrogen) atoms. The summed E-state index contributed by atoms with van der Waals surface area (Å²) >= 11 is 0. The Balaban J connectivity index is 1.94. The second-order valence-electron chi connectivity index (χ2n) is 6.63. The normalized spacial score (nSPS) is 10.8. The molecule has 0 unspecified atom stereocenters. The minimum atomic E-state index is -0.844. The van der Waals surface area contributed by atoms with Crippen LogP contribution in [0.4, 0.5) is 4.39 Å². The summed E-state index contributed by atoms with van der Waals surface area (Å²) in [5.74, 6) is -0.746. The van der Waals surface area contributed by atoms with Crippen molar-refractivity contribution in [1.29, 1.82) is 0 Å². The predicted molar refractivity (Wildman–Crippen MR) is 107 cm³/mol. The predicted octanol–water partition coefficient (Wildman–Crippen LogP) is 2.64. The summed E-state index contributed by atoms with van der Waals surface area (Å²) in [5.41, 5.74) is 3.49. The Kier molecular flexibility index (Phi) is 8.14. The lowest BCUT2D eigenvalue weighted by Crippen LogP contribution is -2.39. The van der Waals surface area contributed by atoms with Crippen LogP contribution >= 0.6 is 0 Å². The van der Waals surface area contributed by atoms with E-state index >= 15 is 0 Å². The van der Waals surface area contributed by atoms with Crippen LogP contribution in [-0.4, -0.2) is 31.7 Å². The molecule has 0 aliphatic heterocycles. The first kappa shape index (κ1) is 21.9. The van der Waals surface area contributed by atoms with Crippen LogP contribution in [0.2, 0.25) is 0 Å². The summed E-state index contributed by atoms with van der Waals surface area (Å²) in [4.78, 5) is 23.2. The van der Waals surface area contributed by atoms with Crippen LogP contribution in [0.3, 0.4) is 0 Å². The molecule has 0 saturated heterocycles. The van der Waals surface area contributed by atoms with Crippen molar-refractivity contribution in [2.24, 2.45) is 11.0 Å². The summed E-state index contributed by atoms with van der Waals surface area (Å²) in [6, 6.07) is 11.2. The molecule has 2 amide bonds. The van der Waals surface area contributed by atoms with Crippen molar-refractivity contribution in [1.82, 2.24) is 10.7 Å². The van der Waals surface area contributed by atoms with E-state index in [2.05, 4.69) is 15.8 Å². The second-order valence-corrected chi connectivity index (χ2v) is 6.63. The quantitative estimate of drug-likeness (QED) is 0.404. The molecule has 2 N–H and O–H groups in total. The van der Waals surface area contributed by atoms with Gasteiger partial charge in [0.15, 0.2) is 11.5 Å². The van der Waals surface area contributed by atoms with Crippen molar-refractivity contribution in [3.8, 4) is 11.5 Å². The molecular weight excluding hydrogens is 377 g/mol. The van der Waals surface area contributed by atoms with E-state index in [1.807, 2.05) is 13.8 Å². The van der Waals surface area contributed by atoms with E-state index < -0.39 is 11.8 Å². The van der Waals surface area contributed by atoms with Gasteiger partial charge in [-0.25, -0.2) is 9.82 Å². The lowest BCUT2D eigenvalue weighted by atomic mass is 10.2. The van der Waals surface area contributed by atoms with Gasteiger partial charge >= 0.3 is 11.8 Å². The molecular formula is C21H24FN3O4. The molecule has 2 aromatic carbocycles. The molecule has 0 atom stereocenters. The standard InChI is InChI=1S/C21H24FN3O4/c1-14(2)11-23-20(26)21(27)25-24-12-15-7-8-18(19(10-15)28-3)29-13-16-5-4-6-17(22)9-16/h4-10,12,14H,11,13H2,1-3H3,(H,23,26)(H,25,27)/b24-12-. The average Bonchev–Trinajstić information content (AvgIpc) is 2.70. The summed E-state index contributed by atoms with van der Waals surface area (Å²) in [5, 5.41) is 6.28. The van der Waals surface area contributed by atoms with Gasteiger partial charge in [0, 0.05) is 6.54 Å². The molecule has 0 bridgehead atoms. The number of benzene rings is 2. The third-order valence-corrected chi connectivity index (χ3v) is 3.73. The first-order valence-corrected chi connectivity index (χ1v) is 9.05. The Morgan fingerprint density at radius 3 is 2.62 bits per heavy atom. The van der Waals surface area contributed by atoms with E-state index in [1.54, 1.807) is 30.3 Å². The molecule has 0 radical (unpaired) electrons. The second kappa shape index (κ2) is 10.8. The van der Waals surface area contributed by atoms with Crippen molar-refractivity contribution < 1.29 is 23.5 Å². The number of hydrogen-bond acceptors (Lipinski definition) is 5. The molecule has 2 aromatic rings. The minimum Gasteiger partial charge on any atom is -0.493 e. The van der Waals surface area contributed by atoms with E-state index in [0.717, 1.165) is 0 Å². The van der Waals surface area contributed by atoms with Gasteiger partial charge in [-0.1, -0.05) is 26.0 Å². The fourth-order valence-electron chi connectivity index (χ4n) is 2.26. The van der Waals surface area contributed by atoms with Crippen LogP contribution < -0.4 is 20.2 Å². The number of carbonyl (C=O) groups is 2. The van der Waals surface area contributed by atoms with Crippen molar-refractivity contribution in [3.63, 3.8) is 0 Å². The number of hydrazone groups is 1. The fraction of sp³-hybridized carbons (Fsp3) is 0.286. The van der Waals surface area contributed by atoms with E-state index in [0.29, 0.717) is 29.2 Å². The van der Waals surface area contributed by atoms with Crippen LogP contribution in [0.1, 0.15) is 25.0 Å². The number of nitrogens with one attached hydrogen (secondary N) is 2. The van der Waals surface area contributed by atoms with Gasteiger partial charge in [-0.15, -0.1) is 0 Å². The van der Waals surface area contributed by atoms with E-state index in [4.69, 9.17) is 9.47 Å². The first-order chi connectivity index (χ1) is 13.9. The number of amides is 2. The largest absolute Gasteiger partial charge is 0.493 e. The maximum Gasteiger partial charge on any atom is 0.329 e. The maximum atomic E-state index is 13.2. The topological polar surface area (TPSA) is 89.0 Å². The molecule has 0 aliphatic carbocycles. The van der Waals surface area contributed by atoms with Gasteiger partial charge in [-0.2, -0.15) is 5.10 Å². The summed E-state index contributed by atoms with van der Waals surface area (Å²) in [6.45, 7) is 4.44. The molecule has 0 fully saturated rings. The number of hydrogen-bond donors (Lipinski definition) is 2. The highest BCUT2D eigenvalue weighted by molar-refractivity contribution is 6.35. The Hall–Kier alpha value is -3.42. The molecule has 0 heterocycles. The number of ether oxygens (including phenoxy) is 2. The fourth-order valence-corrected chi connectivity index (χ4v) is 2.26. The Morgan fingerprint density at radius 2 is 1.93 bits per heavy atom. The molecule has 8 heteroatoms. The van der Waals surface area contributed by atoms with Gasteiger partial charge < -0.3 is 14.8 Å². The third-order valence-electron chi connectivity index (χ3n) is 3.73. The molecule has 0 spiro atoms. The van der Waals surface area contributed by atoms with E-state index in [9.17, 15) is 14.0 Å². The van der Waals surface area contributed by atoms with Gasteiger partial charge in [-0.3, -0.25) is 9.59 Å². The zero-order chi connectivity index (χ0) is 21.2. The van der Waals surface area contributed by atoms with E-state index in [-0.39, 0.29) is 18.3 Å². The van der Waals surface area contributed by atoms with Crippen LogP contribution in [0.5, 0.6) is 11.5 Å². The van der Waals surface area contributed by atoms with Crippen molar-refractivity contribution >= 4 is 18.0 Å². The van der Waals surface area contributed by atoms with Crippen molar-refractivity contribution in [2.45, 2.75) is 20.5 Å². The van der Waals surface area contributed by atoms with Gasteiger partial charge in [0.1, 0.15) is 12.4 Å². The Morgan fingerprint density at radius 1 is 1.14 bits per heavy atom. The lowest BCUT2D eigenvalue weighted by molar-refractivity contribution is -0.139. The number of nitrogens with zero attached hydrogens (tertiary/aromatic N) is 1. The van der Waals surface area contributed by atoms with E-state index in [1.165, 1.54) is 25.5 Å². The molecule has 154 valence electrons. The molecule has 0 saturated carbocycles. The van der Waals surface area contributed by atoms with Crippen LogP contribution in [0.15, 0.2) is 47.6 Å². The summed E-state index contributed by atoms with van der Waals surface area (Å²) in [6.07, 6.45) is 1.38. The van der Waals surface area contributed by atoms with Gasteiger partial charge in [-0.05, 0) is 47.4 Å². The highest BCUT2D eigenvalue weighted by Crippen LogP contribution is 2.28. The van der Waals surface area contributed by atoms with Gasteiger partial charge in [0.2, 0.25) is 0 Å². The third kappa shape index (κ3) is 7.25. The zero-order valence-corrected chi connectivity index (χ0v) is 16.6. The first-order valence-electron chi connectivity index (χ1n) is 9.05. The minimum absolute atomic E-state index is 0.184. The average molecular weight is 401 g/mol. The highest BCUT2D eigenvalue weighted by Gasteiger charge is 2.12. The molecule has 7 nitrogen and oxygen atoms in total. The highest BCUT2D eigenvalue weighted by atomic mass is 19.1. The summed E-state index contributed by atoms with van der Waals surface area (Å²) < 4.78 is 24.2.